The number of nitrogens with one attached hydrogen (secondary N) is 2. The van der Waals surface area contributed by atoms with Crippen molar-refractivity contribution >= 4 is 27.4 Å². The van der Waals surface area contributed by atoms with Crippen LogP contribution in [0.1, 0.15) is 15.9 Å². The second-order valence-electron chi connectivity index (χ2n) is 5.62. The highest BCUT2D eigenvalue weighted by molar-refractivity contribution is 7.92. The number of amides is 1. The van der Waals surface area contributed by atoms with E-state index in [1.807, 2.05) is 13.0 Å². The fraction of sp³-hybridized carbons (Fsp3) is 0.0526. The summed E-state index contributed by atoms with van der Waals surface area (Å²) < 4.78 is 27.1. The summed E-state index contributed by atoms with van der Waals surface area (Å²) in [5, 5.41) is 2.73. The van der Waals surface area contributed by atoms with Gasteiger partial charge >= 0.3 is 0 Å². The van der Waals surface area contributed by atoms with Crippen LogP contribution in [0.3, 0.4) is 0 Å². The number of nitrogens with zero attached hydrogens (tertiary/aromatic N) is 1. The maximum Gasteiger partial charge on any atom is 0.261 e. The van der Waals surface area contributed by atoms with Gasteiger partial charge < -0.3 is 5.32 Å². The van der Waals surface area contributed by atoms with Gasteiger partial charge in [0.25, 0.3) is 15.9 Å². The Labute approximate surface area is 152 Å². The van der Waals surface area contributed by atoms with Crippen LogP contribution in [0.2, 0.25) is 0 Å². The van der Waals surface area contributed by atoms with Crippen molar-refractivity contribution < 1.29 is 13.2 Å². The molecule has 0 radical (unpaired) electrons. The van der Waals surface area contributed by atoms with Crippen LogP contribution in [0, 0.1) is 6.92 Å². The number of sulfonamides is 1. The molecule has 0 unspecified atom stereocenters. The van der Waals surface area contributed by atoms with E-state index >= 15 is 0 Å². The van der Waals surface area contributed by atoms with Gasteiger partial charge in [0, 0.05) is 17.4 Å². The number of benzene rings is 2. The van der Waals surface area contributed by atoms with Crippen molar-refractivity contribution in [3.63, 3.8) is 0 Å². The summed E-state index contributed by atoms with van der Waals surface area (Å²) in [6.07, 6.45) is 1.60. The largest absolute Gasteiger partial charge is 0.306 e. The van der Waals surface area contributed by atoms with Crippen molar-refractivity contribution in [2.75, 3.05) is 10.0 Å². The van der Waals surface area contributed by atoms with E-state index in [1.165, 1.54) is 12.1 Å². The Hall–Kier alpha value is -3.19. The fourth-order valence-electron chi connectivity index (χ4n) is 2.30. The van der Waals surface area contributed by atoms with Gasteiger partial charge in [-0.1, -0.05) is 24.3 Å². The highest BCUT2D eigenvalue weighted by Crippen LogP contribution is 2.17. The lowest BCUT2D eigenvalue weighted by molar-refractivity contribution is 0.102. The lowest BCUT2D eigenvalue weighted by atomic mass is 10.2. The summed E-state index contributed by atoms with van der Waals surface area (Å²) in [6.45, 7) is 1.85. The Balaban J connectivity index is 1.72. The summed E-state index contributed by atoms with van der Waals surface area (Å²) in [4.78, 5) is 16.6. The molecule has 2 N–H and O–H groups in total. The van der Waals surface area contributed by atoms with E-state index in [0.717, 1.165) is 5.56 Å². The van der Waals surface area contributed by atoms with Gasteiger partial charge in [-0.15, -0.1) is 0 Å². The van der Waals surface area contributed by atoms with Crippen LogP contribution in [0.5, 0.6) is 0 Å². The zero-order valence-corrected chi connectivity index (χ0v) is 14.8. The first-order chi connectivity index (χ1) is 12.5. The molecule has 0 aliphatic rings. The molecule has 3 rings (SSSR count). The van der Waals surface area contributed by atoms with E-state index in [4.69, 9.17) is 0 Å². The molecular formula is C19H17N3O3S. The maximum absolute atomic E-state index is 12.3. The number of anilines is 2. The van der Waals surface area contributed by atoms with Gasteiger partial charge in [0.05, 0.1) is 4.90 Å². The molecule has 0 aliphatic heterocycles. The third kappa shape index (κ3) is 4.07. The quantitative estimate of drug-likeness (QED) is 0.723. The van der Waals surface area contributed by atoms with Crippen LogP contribution in [0.25, 0.3) is 0 Å². The lowest BCUT2D eigenvalue weighted by Gasteiger charge is -2.09. The molecule has 0 saturated carbocycles. The summed E-state index contributed by atoms with van der Waals surface area (Å²) in [7, 11) is -3.66. The zero-order valence-electron chi connectivity index (χ0n) is 14.0. The standard InChI is InChI=1S/C19H17N3O3S/c1-14-6-5-13-20-18(14)21-19(23)15-9-11-16(12-10-15)22-26(24,25)17-7-3-2-4-8-17/h2-13,22H,1H3,(H,20,21,23). The van der Waals surface area contributed by atoms with Gasteiger partial charge in [0.15, 0.2) is 0 Å². The minimum Gasteiger partial charge on any atom is -0.306 e. The molecule has 3 aromatic rings. The number of hydrogen-bond donors (Lipinski definition) is 2. The number of hydrogen-bond acceptors (Lipinski definition) is 4. The first-order valence-electron chi connectivity index (χ1n) is 7.86. The minimum atomic E-state index is -3.66. The number of aromatic nitrogens is 1. The normalized spacial score (nSPS) is 11.0. The zero-order chi connectivity index (χ0) is 18.6. The molecule has 132 valence electrons. The van der Waals surface area contributed by atoms with E-state index < -0.39 is 10.0 Å². The first-order valence-corrected chi connectivity index (χ1v) is 9.35. The van der Waals surface area contributed by atoms with E-state index in [0.29, 0.717) is 17.1 Å². The van der Waals surface area contributed by atoms with E-state index in [2.05, 4.69) is 15.0 Å². The molecular weight excluding hydrogens is 350 g/mol. The molecule has 0 bridgehead atoms. The topological polar surface area (TPSA) is 88.2 Å². The maximum atomic E-state index is 12.3. The summed E-state index contributed by atoms with van der Waals surface area (Å²) in [5.74, 6) is 0.177. The monoisotopic (exact) mass is 367 g/mol. The minimum absolute atomic E-state index is 0.174. The van der Waals surface area contributed by atoms with Crippen LogP contribution < -0.4 is 10.0 Å². The van der Waals surface area contributed by atoms with E-state index in [1.54, 1.807) is 54.7 Å². The third-order valence-corrected chi connectivity index (χ3v) is 5.09. The number of rotatable bonds is 5. The number of aryl methyl sites for hydroxylation is 1. The van der Waals surface area contributed by atoms with Crippen LogP contribution in [0.4, 0.5) is 11.5 Å². The van der Waals surface area contributed by atoms with Gasteiger partial charge in [0.2, 0.25) is 0 Å². The Morgan fingerprint density at radius 1 is 0.923 bits per heavy atom. The Kier molecular flexibility index (Phi) is 4.99. The third-order valence-electron chi connectivity index (χ3n) is 3.69. The predicted octanol–water partition coefficient (Wildman–Crippen LogP) is 3.44. The molecule has 0 saturated heterocycles. The second-order valence-corrected chi connectivity index (χ2v) is 7.30. The molecule has 6 nitrogen and oxygen atoms in total. The molecule has 0 aliphatic carbocycles. The van der Waals surface area contributed by atoms with E-state index in [-0.39, 0.29) is 10.8 Å². The predicted molar refractivity (Wildman–Crippen MR) is 101 cm³/mol. The number of carbonyl (C=O) groups excluding carboxylic acids is 1. The smallest absolute Gasteiger partial charge is 0.261 e. The Morgan fingerprint density at radius 3 is 2.27 bits per heavy atom. The van der Waals surface area contributed by atoms with Crippen molar-refractivity contribution in [3.05, 3.63) is 84.1 Å². The molecule has 0 spiro atoms. The highest BCUT2D eigenvalue weighted by Gasteiger charge is 2.14. The molecule has 0 fully saturated rings. The molecule has 1 amide bonds. The molecule has 2 aromatic carbocycles. The summed E-state index contributed by atoms with van der Waals surface area (Å²) >= 11 is 0. The number of pyridine rings is 1. The summed E-state index contributed by atoms with van der Waals surface area (Å²) in [5.41, 5.74) is 1.63. The SMILES string of the molecule is Cc1cccnc1NC(=O)c1ccc(NS(=O)(=O)c2ccccc2)cc1. The average Bonchev–Trinajstić information content (AvgIpc) is 2.64. The second kappa shape index (κ2) is 7.37. The van der Waals surface area contributed by atoms with Crippen molar-refractivity contribution in [1.82, 2.24) is 4.98 Å². The number of carbonyl (C=O) groups is 1. The van der Waals surface area contributed by atoms with Crippen molar-refractivity contribution in [3.8, 4) is 0 Å². The van der Waals surface area contributed by atoms with Crippen molar-refractivity contribution in [2.45, 2.75) is 11.8 Å². The van der Waals surface area contributed by atoms with Crippen LogP contribution in [-0.2, 0) is 10.0 Å². The van der Waals surface area contributed by atoms with Crippen LogP contribution >= 0.6 is 0 Å². The molecule has 0 atom stereocenters. The van der Waals surface area contributed by atoms with Crippen LogP contribution in [-0.4, -0.2) is 19.3 Å². The van der Waals surface area contributed by atoms with Gasteiger partial charge in [-0.05, 0) is 55.0 Å². The average molecular weight is 367 g/mol. The molecule has 26 heavy (non-hydrogen) atoms. The van der Waals surface area contributed by atoms with Crippen LogP contribution in [0.15, 0.2) is 77.8 Å². The van der Waals surface area contributed by atoms with E-state index in [9.17, 15) is 13.2 Å². The van der Waals surface area contributed by atoms with Gasteiger partial charge in [-0.25, -0.2) is 13.4 Å². The van der Waals surface area contributed by atoms with Gasteiger partial charge in [-0.2, -0.15) is 0 Å². The fourth-order valence-corrected chi connectivity index (χ4v) is 3.38. The summed E-state index contributed by atoms with van der Waals surface area (Å²) in [6, 6.07) is 17.9. The molecule has 1 aromatic heterocycles. The van der Waals surface area contributed by atoms with Crippen molar-refractivity contribution in [1.29, 1.82) is 0 Å². The lowest BCUT2D eigenvalue weighted by Crippen LogP contribution is -2.15. The Morgan fingerprint density at radius 2 is 1.62 bits per heavy atom. The first kappa shape index (κ1) is 17.6. The van der Waals surface area contributed by atoms with Gasteiger partial charge in [0.1, 0.15) is 5.82 Å². The van der Waals surface area contributed by atoms with Crippen molar-refractivity contribution in [2.24, 2.45) is 0 Å². The molecule has 1 heterocycles. The Bertz CT molecular complexity index is 1020. The van der Waals surface area contributed by atoms with Gasteiger partial charge in [-0.3, -0.25) is 9.52 Å². The molecule has 7 heteroatoms. The highest BCUT2D eigenvalue weighted by atomic mass is 32.2.